The lowest BCUT2D eigenvalue weighted by atomic mass is 10.3. The highest BCUT2D eigenvalue weighted by Gasteiger charge is 2.15. The van der Waals surface area contributed by atoms with Gasteiger partial charge >= 0.3 is 5.95 Å². The fourth-order valence-electron chi connectivity index (χ4n) is 2.54. The topological polar surface area (TPSA) is 148 Å². The van der Waals surface area contributed by atoms with Crippen LogP contribution in [-0.2, 0) is 13.4 Å². The van der Waals surface area contributed by atoms with Crippen molar-refractivity contribution in [2.75, 3.05) is 5.32 Å². The van der Waals surface area contributed by atoms with Crippen molar-refractivity contribution in [3.05, 3.63) is 76.1 Å². The zero-order chi connectivity index (χ0) is 21.8. The van der Waals surface area contributed by atoms with E-state index in [1.54, 1.807) is 36.7 Å². The Bertz CT molecular complexity index is 1230. The average molecular weight is 444 g/mol. The van der Waals surface area contributed by atoms with E-state index in [2.05, 4.69) is 25.6 Å². The Kier molecular flexibility index (Phi) is 5.57. The number of amides is 1. The summed E-state index contributed by atoms with van der Waals surface area (Å²) >= 11 is 5.91. The molecule has 4 aromatic rings. The lowest BCUT2D eigenvalue weighted by Crippen LogP contribution is -2.15. The zero-order valence-electron chi connectivity index (χ0n) is 15.7. The van der Waals surface area contributed by atoms with Crippen molar-refractivity contribution in [1.82, 2.24) is 34.3 Å². The molecule has 3 heterocycles. The largest absolute Gasteiger partial charge is 0.491 e. The molecular formula is C17H14ClN9O4. The number of nitro groups is 1. The van der Waals surface area contributed by atoms with Crippen LogP contribution < -0.4 is 10.1 Å². The Morgan fingerprint density at radius 2 is 2.10 bits per heavy atom. The standard InChI is InChI=1S/C17H14ClN9O4/c18-12-2-1-3-14(6-12)31-11-25-8-13(7-20-25)21-16(28)15-4-5-24(22-15)10-26-9-19-17(23-26)27(29)30/h1-9H,10-11H2,(H,21,28). The van der Waals surface area contributed by atoms with Gasteiger partial charge in [0.25, 0.3) is 5.91 Å². The van der Waals surface area contributed by atoms with Crippen LogP contribution >= 0.6 is 11.6 Å². The molecule has 0 aliphatic rings. The molecule has 14 heteroatoms. The molecule has 3 aromatic heterocycles. The Morgan fingerprint density at radius 1 is 1.23 bits per heavy atom. The maximum Gasteiger partial charge on any atom is 0.491 e. The van der Waals surface area contributed by atoms with Gasteiger partial charge < -0.3 is 20.2 Å². The van der Waals surface area contributed by atoms with Gasteiger partial charge in [0.15, 0.2) is 19.1 Å². The number of carbonyl (C=O) groups excluding carboxylic acids is 1. The van der Waals surface area contributed by atoms with Crippen molar-refractivity contribution in [1.29, 1.82) is 0 Å². The predicted octanol–water partition coefficient (Wildman–Crippen LogP) is 2.03. The summed E-state index contributed by atoms with van der Waals surface area (Å²) in [5.41, 5.74) is 0.610. The van der Waals surface area contributed by atoms with Crippen LogP contribution in [0.1, 0.15) is 10.5 Å². The van der Waals surface area contributed by atoms with Gasteiger partial charge in [-0.1, -0.05) is 22.7 Å². The number of benzene rings is 1. The van der Waals surface area contributed by atoms with E-state index in [0.717, 1.165) is 0 Å². The fourth-order valence-corrected chi connectivity index (χ4v) is 2.72. The van der Waals surface area contributed by atoms with Gasteiger partial charge in [-0.3, -0.25) is 4.79 Å². The molecule has 0 spiro atoms. The van der Waals surface area contributed by atoms with Gasteiger partial charge in [0.2, 0.25) is 6.33 Å². The van der Waals surface area contributed by atoms with E-state index in [4.69, 9.17) is 16.3 Å². The second-order valence-corrected chi connectivity index (χ2v) is 6.61. The summed E-state index contributed by atoms with van der Waals surface area (Å²) in [5.74, 6) is -0.364. The molecule has 31 heavy (non-hydrogen) atoms. The number of aromatic nitrogens is 7. The van der Waals surface area contributed by atoms with Crippen LogP contribution in [0.5, 0.6) is 5.75 Å². The number of carbonyl (C=O) groups is 1. The quantitative estimate of drug-likeness (QED) is 0.321. The molecule has 0 bridgehead atoms. The van der Waals surface area contributed by atoms with Crippen LogP contribution in [0.3, 0.4) is 0 Å². The zero-order valence-corrected chi connectivity index (χ0v) is 16.5. The van der Waals surface area contributed by atoms with Gasteiger partial charge in [0.05, 0.1) is 18.1 Å². The normalized spacial score (nSPS) is 10.7. The van der Waals surface area contributed by atoms with Gasteiger partial charge in [0, 0.05) is 16.3 Å². The van der Waals surface area contributed by atoms with Gasteiger partial charge in [-0.25, -0.2) is 9.36 Å². The SMILES string of the molecule is O=C(Nc1cnn(COc2cccc(Cl)c2)c1)c1ccn(Cn2cnc([N+](=O)[O-])n2)n1. The highest BCUT2D eigenvalue weighted by molar-refractivity contribution is 6.30. The number of nitrogens with one attached hydrogen (secondary N) is 1. The fraction of sp³-hybridized carbons (Fsp3) is 0.118. The molecule has 0 saturated carbocycles. The highest BCUT2D eigenvalue weighted by atomic mass is 35.5. The smallest absolute Gasteiger partial charge is 0.471 e. The third-order valence-electron chi connectivity index (χ3n) is 3.90. The number of halogens is 1. The Hall–Kier alpha value is -4.26. The van der Waals surface area contributed by atoms with Crippen LogP contribution in [-0.4, -0.2) is 45.2 Å². The number of nitrogens with zero attached hydrogens (tertiary/aromatic N) is 8. The molecule has 0 saturated heterocycles. The van der Waals surface area contributed by atoms with E-state index in [1.165, 1.54) is 32.6 Å². The van der Waals surface area contributed by atoms with Crippen LogP contribution in [0.2, 0.25) is 5.02 Å². The minimum absolute atomic E-state index is 0.0624. The molecule has 0 aliphatic carbocycles. The highest BCUT2D eigenvalue weighted by Crippen LogP contribution is 2.17. The van der Waals surface area contributed by atoms with Gasteiger partial charge in [-0.2, -0.15) is 14.9 Å². The van der Waals surface area contributed by atoms with Crippen molar-refractivity contribution in [2.24, 2.45) is 0 Å². The molecule has 0 fully saturated rings. The van der Waals surface area contributed by atoms with Gasteiger partial charge in [0.1, 0.15) is 5.75 Å². The third-order valence-corrected chi connectivity index (χ3v) is 4.14. The number of rotatable bonds is 8. The van der Waals surface area contributed by atoms with E-state index in [0.29, 0.717) is 16.5 Å². The summed E-state index contributed by atoms with van der Waals surface area (Å²) < 4.78 is 9.72. The van der Waals surface area contributed by atoms with Crippen molar-refractivity contribution >= 4 is 29.1 Å². The van der Waals surface area contributed by atoms with E-state index in [9.17, 15) is 14.9 Å². The van der Waals surface area contributed by atoms with Crippen molar-refractivity contribution in [3.63, 3.8) is 0 Å². The minimum Gasteiger partial charge on any atom is -0.471 e. The van der Waals surface area contributed by atoms with E-state index >= 15 is 0 Å². The monoisotopic (exact) mass is 443 g/mol. The molecule has 1 N–H and O–H groups in total. The first-order chi connectivity index (χ1) is 15.0. The molecule has 1 aromatic carbocycles. The Labute approximate surface area is 179 Å². The van der Waals surface area contributed by atoms with E-state index in [1.807, 2.05) is 0 Å². The van der Waals surface area contributed by atoms with Crippen LogP contribution in [0.25, 0.3) is 0 Å². The number of anilines is 1. The Balaban J connectivity index is 1.33. The Morgan fingerprint density at radius 3 is 2.87 bits per heavy atom. The molecular weight excluding hydrogens is 430 g/mol. The molecule has 1 amide bonds. The summed E-state index contributed by atoms with van der Waals surface area (Å²) in [5, 5.41) is 25.8. The van der Waals surface area contributed by atoms with Crippen molar-refractivity contribution < 1.29 is 14.5 Å². The lowest BCUT2D eigenvalue weighted by Gasteiger charge is -2.06. The van der Waals surface area contributed by atoms with Crippen LogP contribution in [0.4, 0.5) is 11.6 Å². The van der Waals surface area contributed by atoms with Gasteiger partial charge in [-0.15, -0.1) is 0 Å². The first-order valence-electron chi connectivity index (χ1n) is 8.76. The summed E-state index contributed by atoms with van der Waals surface area (Å²) in [6.07, 6.45) is 5.84. The number of hydrogen-bond donors (Lipinski definition) is 1. The predicted molar refractivity (Wildman–Crippen MR) is 107 cm³/mol. The molecule has 4 rings (SSSR count). The molecule has 0 unspecified atom stereocenters. The van der Waals surface area contributed by atoms with Gasteiger partial charge in [-0.05, 0) is 29.2 Å². The minimum atomic E-state index is -0.696. The van der Waals surface area contributed by atoms with Crippen molar-refractivity contribution in [3.8, 4) is 5.75 Å². The van der Waals surface area contributed by atoms with Crippen LogP contribution in [0, 0.1) is 10.1 Å². The van der Waals surface area contributed by atoms with E-state index < -0.39 is 16.8 Å². The summed E-state index contributed by atoms with van der Waals surface area (Å²) in [6.45, 7) is 0.196. The second-order valence-electron chi connectivity index (χ2n) is 6.18. The van der Waals surface area contributed by atoms with Crippen LogP contribution in [0.15, 0.2) is 55.2 Å². The second kappa shape index (κ2) is 8.62. The average Bonchev–Trinajstić information content (AvgIpc) is 3.48. The number of hydrogen-bond acceptors (Lipinski definition) is 8. The summed E-state index contributed by atoms with van der Waals surface area (Å²) in [7, 11) is 0. The maximum atomic E-state index is 12.4. The molecule has 13 nitrogen and oxygen atoms in total. The maximum absolute atomic E-state index is 12.4. The first kappa shape index (κ1) is 20.0. The van der Waals surface area contributed by atoms with Crippen molar-refractivity contribution in [2.45, 2.75) is 13.4 Å². The third kappa shape index (κ3) is 5.02. The lowest BCUT2D eigenvalue weighted by molar-refractivity contribution is -0.394. The van der Waals surface area contributed by atoms with E-state index in [-0.39, 0.29) is 19.1 Å². The number of ether oxygens (including phenoxy) is 1. The summed E-state index contributed by atoms with van der Waals surface area (Å²) in [4.78, 5) is 25.9. The molecule has 158 valence electrons. The molecule has 0 aliphatic heterocycles. The summed E-state index contributed by atoms with van der Waals surface area (Å²) in [6, 6.07) is 8.48. The first-order valence-corrected chi connectivity index (χ1v) is 9.13. The molecule has 0 atom stereocenters. The molecule has 0 radical (unpaired) electrons.